The standard InChI is InChI=1S/C91H56F6N4/c92-90(93,94)79-55-72(80(91(95,96)97)54-71(79)69-32-19-45-98-56-69)70-52-87(99-81-39-33-63(57-20-7-1-8-21-57)46-73(81)74-47-64(34-40-82(74)99)58-22-9-2-10-23-58)89(101-85-43-37-67(61-28-15-5-16-29-61)50-77(85)78-51-68(38-44-86(78)101)62-30-17-6-18-31-62)88(53-70)100-83-41-35-65(59-24-11-3-12-25-59)48-75(83)76-49-66(36-42-84(76)100)60-26-13-4-14-27-60/h1-56H. The Hall–Kier alpha value is -12.8. The van der Waals surface area contributed by atoms with Crippen LogP contribution in [-0.4, -0.2) is 18.7 Å². The molecule has 18 rings (SSSR count). The third-order valence-electron chi connectivity index (χ3n) is 19.8. The van der Waals surface area contributed by atoms with E-state index in [2.05, 4.69) is 201 Å². The molecule has 0 atom stereocenters. The lowest BCUT2D eigenvalue weighted by atomic mass is 9.89. The Balaban J connectivity index is 1.07. The van der Waals surface area contributed by atoms with Crippen LogP contribution in [0, 0.1) is 0 Å². The number of pyridine rings is 1. The second kappa shape index (κ2) is 24.0. The lowest BCUT2D eigenvalue weighted by Gasteiger charge is -2.25. The van der Waals surface area contributed by atoms with Gasteiger partial charge in [-0.25, -0.2) is 0 Å². The molecule has 0 amide bonds. The Bertz CT molecular complexity index is 5730. The van der Waals surface area contributed by atoms with Crippen LogP contribution in [0.1, 0.15) is 11.1 Å². The highest BCUT2D eigenvalue weighted by Gasteiger charge is 2.41. The number of hydrogen-bond acceptors (Lipinski definition) is 1. The molecule has 0 radical (unpaired) electrons. The van der Waals surface area contributed by atoms with Gasteiger partial charge in [-0.1, -0.05) is 224 Å². The minimum atomic E-state index is -5.18. The number of aromatic nitrogens is 4. The van der Waals surface area contributed by atoms with Gasteiger partial charge in [0.25, 0.3) is 0 Å². The highest BCUT2D eigenvalue weighted by atomic mass is 19.4. The molecule has 0 saturated heterocycles. The Morgan fingerprint density at radius 2 is 0.465 bits per heavy atom. The predicted molar refractivity (Wildman–Crippen MR) is 401 cm³/mol. The molecule has 4 aromatic heterocycles. The summed E-state index contributed by atoms with van der Waals surface area (Å²) in [6, 6.07) is 106. The summed E-state index contributed by atoms with van der Waals surface area (Å²) in [6.07, 6.45) is -7.77. The molecule has 14 aromatic carbocycles. The highest BCUT2D eigenvalue weighted by molar-refractivity contribution is 6.16. The van der Waals surface area contributed by atoms with Crippen molar-refractivity contribution in [3.05, 3.63) is 351 Å². The van der Waals surface area contributed by atoms with E-state index in [0.29, 0.717) is 51.3 Å². The van der Waals surface area contributed by atoms with E-state index >= 15 is 26.3 Å². The summed E-state index contributed by atoms with van der Waals surface area (Å²) in [5.74, 6) is 0. The van der Waals surface area contributed by atoms with E-state index in [1.165, 1.54) is 18.3 Å². The molecule has 0 saturated carbocycles. The minimum Gasteiger partial charge on any atom is -0.307 e. The predicted octanol–water partition coefficient (Wildman–Crippen LogP) is 25.7. The van der Waals surface area contributed by atoms with Crippen molar-refractivity contribution < 1.29 is 26.3 Å². The number of hydrogen-bond donors (Lipinski definition) is 0. The third-order valence-corrected chi connectivity index (χ3v) is 19.8. The van der Waals surface area contributed by atoms with Crippen LogP contribution in [0.15, 0.2) is 340 Å². The molecule has 0 spiro atoms. The van der Waals surface area contributed by atoms with Crippen molar-refractivity contribution in [1.82, 2.24) is 18.7 Å². The fourth-order valence-electron chi connectivity index (χ4n) is 15.1. The smallest absolute Gasteiger partial charge is 0.307 e. The van der Waals surface area contributed by atoms with Crippen molar-refractivity contribution in [2.45, 2.75) is 12.4 Å². The number of benzene rings is 14. The van der Waals surface area contributed by atoms with Crippen molar-refractivity contribution >= 4 is 65.4 Å². The molecule has 0 aliphatic heterocycles. The van der Waals surface area contributed by atoms with Crippen molar-refractivity contribution in [1.29, 1.82) is 0 Å². The maximum atomic E-state index is 16.8. The maximum absolute atomic E-state index is 16.8. The second-order valence-electron chi connectivity index (χ2n) is 25.6. The Morgan fingerprint density at radius 3 is 0.713 bits per heavy atom. The van der Waals surface area contributed by atoms with E-state index in [4.69, 9.17) is 0 Å². The zero-order valence-electron chi connectivity index (χ0n) is 53.9. The Morgan fingerprint density at radius 1 is 0.218 bits per heavy atom. The van der Waals surface area contributed by atoms with Crippen LogP contribution in [0.4, 0.5) is 26.3 Å². The number of nitrogens with zero attached hydrogens (tertiary/aromatic N) is 4. The first-order valence-electron chi connectivity index (χ1n) is 33.4. The zero-order valence-corrected chi connectivity index (χ0v) is 53.9. The minimum absolute atomic E-state index is 0.110. The average molecular weight is 1320 g/mol. The summed E-state index contributed by atoms with van der Waals surface area (Å²) < 4.78 is 106. The molecule has 0 fully saturated rings. The SMILES string of the molecule is FC(F)(F)c1cc(-c2cc(-n3c4ccc(-c5ccccc5)cc4c4cc(-c5ccccc5)ccc43)c(-n3c4ccc(-c5ccccc5)cc4c4cc(-c5ccccc5)ccc43)c(-n3c4ccc(-c5ccccc5)cc4c4cc(-c5ccccc5)ccc43)c2)c(C(F)(F)F)cc1-c1cccnc1. The van der Waals surface area contributed by atoms with Gasteiger partial charge in [0.05, 0.1) is 61.3 Å². The van der Waals surface area contributed by atoms with E-state index in [0.717, 1.165) is 116 Å². The van der Waals surface area contributed by atoms with E-state index in [-0.39, 0.29) is 11.1 Å². The molecule has 0 aliphatic rings. The summed E-state index contributed by atoms with van der Waals surface area (Å²) in [6.45, 7) is 0. The maximum Gasteiger partial charge on any atom is 0.417 e. The van der Waals surface area contributed by atoms with Crippen molar-refractivity contribution in [2.24, 2.45) is 0 Å². The van der Waals surface area contributed by atoms with Gasteiger partial charge in [-0.15, -0.1) is 0 Å². The first-order valence-corrected chi connectivity index (χ1v) is 33.4. The zero-order chi connectivity index (χ0) is 68.1. The van der Waals surface area contributed by atoms with Crippen LogP contribution >= 0.6 is 0 Å². The van der Waals surface area contributed by atoms with E-state index in [9.17, 15) is 0 Å². The fourth-order valence-corrected chi connectivity index (χ4v) is 15.1. The van der Waals surface area contributed by atoms with Crippen LogP contribution in [0.5, 0.6) is 0 Å². The van der Waals surface area contributed by atoms with Gasteiger partial charge >= 0.3 is 12.4 Å². The molecular weight excluding hydrogens is 1260 g/mol. The summed E-state index contributed by atoms with van der Waals surface area (Å²) in [7, 11) is 0. The molecular formula is C91H56F6N4. The van der Waals surface area contributed by atoms with Crippen molar-refractivity contribution in [3.63, 3.8) is 0 Å². The number of halogens is 6. The molecule has 10 heteroatoms. The number of fused-ring (bicyclic) bond motifs is 9. The number of alkyl halides is 6. The summed E-state index contributed by atoms with van der Waals surface area (Å²) >= 11 is 0. The molecule has 4 nitrogen and oxygen atoms in total. The van der Waals surface area contributed by atoms with Gasteiger partial charge in [0, 0.05) is 50.3 Å². The molecule has 0 N–H and O–H groups in total. The lowest BCUT2D eigenvalue weighted by Crippen LogP contribution is -2.14. The summed E-state index contributed by atoms with van der Waals surface area (Å²) in [5.41, 5.74) is 13.2. The molecule has 0 bridgehead atoms. The van der Waals surface area contributed by atoms with E-state index < -0.39 is 34.6 Å². The molecule has 0 aliphatic carbocycles. The summed E-state index contributed by atoms with van der Waals surface area (Å²) in [4.78, 5) is 4.09. The topological polar surface area (TPSA) is 27.7 Å². The van der Waals surface area contributed by atoms with Gasteiger partial charge in [0.2, 0.25) is 0 Å². The fraction of sp³-hybridized carbons (Fsp3) is 0.0220. The number of rotatable bonds is 11. The Labute approximate surface area is 576 Å². The van der Waals surface area contributed by atoms with Gasteiger partial charge in [0.15, 0.2) is 0 Å². The van der Waals surface area contributed by atoms with Crippen LogP contribution < -0.4 is 0 Å². The highest BCUT2D eigenvalue weighted by Crippen LogP contribution is 2.51. The van der Waals surface area contributed by atoms with Crippen LogP contribution in [0.25, 0.3) is 171 Å². The quantitative estimate of drug-likeness (QED) is 0.119. The normalized spacial score (nSPS) is 12.1. The lowest BCUT2D eigenvalue weighted by molar-refractivity contribution is -0.140. The Kier molecular flexibility index (Phi) is 14.4. The van der Waals surface area contributed by atoms with Crippen LogP contribution in [0.2, 0.25) is 0 Å². The van der Waals surface area contributed by atoms with Gasteiger partial charge in [-0.2, -0.15) is 26.3 Å². The van der Waals surface area contributed by atoms with Crippen LogP contribution in [-0.2, 0) is 12.4 Å². The van der Waals surface area contributed by atoms with Crippen molar-refractivity contribution in [3.8, 4) is 106 Å². The first kappa shape index (κ1) is 60.6. The van der Waals surface area contributed by atoms with Crippen LogP contribution in [0.3, 0.4) is 0 Å². The molecule has 0 unspecified atom stereocenters. The molecule has 18 aromatic rings. The summed E-state index contributed by atoms with van der Waals surface area (Å²) in [5, 5.41) is 5.15. The molecule has 482 valence electrons. The average Bonchev–Trinajstić information content (AvgIpc) is 1.59. The molecule has 101 heavy (non-hydrogen) atoms. The van der Waals surface area contributed by atoms with Gasteiger partial charge in [-0.05, 0) is 187 Å². The molecule has 4 heterocycles. The van der Waals surface area contributed by atoms with Gasteiger partial charge in [0.1, 0.15) is 0 Å². The van der Waals surface area contributed by atoms with E-state index in [1.54, 1.807) is 12.1 Å². The first-order chi connectivity index (χ1) is 49.4. The van der Waals surface area contributed by atoms with Gasteiger partial charge in [-0.3, -0.25) is 4.98 Å². The monoisotopic (exact) mass is 1320 g/mol. The van der Waals surface area contributed by atoms with Crippen molar-refractivity contribution in [2.75, 3.05) is 0 Å². The van der Waals surface area contributed by atoms with Gasteiger partial charge < -0.3 is 13.7 Å². The largest absolute Gasteiger partial charge is 0.417 e. The third kappa shape index (κ3) is 10.5. The van der Waals surface area contributed by atoms with E-state index in [1.807, 2.05) is 109 Å². The second-order valence-corrected chi connectivity index (χ2v) is 25.6.